The van der Waals surface area contributed by atoms with Gasteiger partial charge in [-0.1, -0.05) is 5.16 Å². The van der Waals surface area contributed by atoms with Crippen molar-refractivity contribution >= 4 is 17.3 Å². The zero-order chi connectivity index (χ0) is 18.5. The molecule has 0 amide bonds. The molecule has 0 saturated carbocycles. The lowest BCUT2D eigenvalue weighted by Crippen LogP contribution is -2.38. The summed E-state index contributed by atoms with van der Waals surface area (Å²) in [5.41, 5.74) is 3.45. The van der Waals surface area contributed by atoms with Crippen molar-refractivity contribution in [2.24, 2.45) is 4.99 Å². The molecule has 1 aliphatic carbocycles. The smallest absolute Gasteiger partial charge is 0.194 e. The van der Waals surface area contributed by atoms with Crippen LogP contribution in [-0.4, -0.2) is 41.1 Å². The average molecular weight is 376 g/mol. The lowest BCUT2D eigenvalue weighted by atomic mass is 10.0. The molecule has 0 unspecified atom stereocenters. The molecule has 0 fully saturated rings. The van der Waals surface area contributed by atoms with E-state index in [1.807, 2.05) is 25.2 Å². The molecule has 0 spiro atoms. The fourth-order valence-corrected chi connectivity index (χ4v) is 4.56. The van der Waals surface area contributed by atoms with Crippen LogP contribution in [0.15, 0.2) is 9.52 Å². The van der Waals surface area contributed by atoms with Gasteiger partial charge in [-0.05, 0) is 52.9 Å². The van der Waals surface area contributed by atoms with Crippen LogP contribution in [0, 0.1) is 13.8 Å². The summed E-state index contributed by atoms with van der Waals surface area (Å²) in [5, 5.41) is 8.59. The minimum Gasteiger partial charge on any atom is -0.361 e. The molecule has 1 aliphatic rings. The van der Waals surface area contributed by atoms with Crippen molar-refractivity contribution in [2.45, 2.75) is 59.4 Å². The van der Waals surface area contributed by atoms with Crippen LogP contribution in [0.5, 0.6) is 0 Å². The Balaban J connectivity index is 1.63. The Morgan fingerprint density at radius 1 is 1.31 bits per heavy atom. The van der Waals surface area contributed by atoms with Gasteiger partial charge in [0.15, 0.2) is 5.96 Å². The minimum absolute atomic E-state index is 0.712. The zero-order valence-electron chi connectivity index (χ0n) is 16.3. The van der Waals surface area contributed by atoms with E-state index >= 15 is 0 Å². The van der Waals surface area contributed by atoms with E-state index in [9.17, 15) is 0 Å². The Hall–Kier alpha value is -1.89. The Kier molecular flexibility index (Phi) is 6.29. The largest absolute Gasteiger partial charge is 0.361 e. The molecule has 0 saturated heterocycles. The van der Waals surface area contributed by atoms with E-state index < -0.39 is 0 Å². The van der Waals surface area contributed by atoms with Crippen LogP contribution in [0.3, 0.4) is 0 Å². The van der Waals surface area contributed by atoms with Gasteiger partial charge in [0.05, 0.1) is 17.9 Å². The van der Waals surface area contributed by atoms with E-state index in [2.05, 4.69) is 29.3 Å². The number of nitrogens with one attached hydrogen (secondary N) is 1. The average Bonchev–Trinajstić information content (AvgIpc) is 3.17. The van der Waals surface area contributed by atoms with Crippen molar-refractivity contribution in [1.29, 1.82) is 0 Å². The predicted molar refractivity (Wildman–Crippen MR) is 106 cm³/mol. The van der Waals surface area contributed by atoms with Gasteiger partial charge in [0, 0.05) is 30.6 Å². The minimum atomic E-state index is 0.712. The zero-order valence-corrected chi connectivity index (χ0v) is 17.1. The lowest BCUT2D eigenvalue weighted by Gasteiger charge is -2.21. The number of hydrogen-bond acceptors (Lipinski definition) is 5. The molecule has 6 nitrogen and oxygen atoms in total. The number of thiazole rings is 1. The first-order valence-electron chi connectivity index (χ1n) is 9.47. The van der Waals surface area contributed by atoms with Crippen molar-refractivity contribution in [3.8, 4) is 0 Å². The number of hydrogen-bond donors (Lipinski definition) is 1. The molecular weight excluding hydrogens is 346 g/mol. The van der Waals surface area contributed by atoms with Gasteiger partial charge in [0.25, 0.3) is 0 Å². The maximum atomic E-state index is 5.24. The van der Waals surface area contributed by atoms with Crippen LogP contribution < -0.4 is 5.32 Å². The third-order valence-electron chi connectivity index (χ3n) is 4.76. The van der Waals surface area contributed by atoms with E-state index in [4.69, 9.17) is 14.5 Å². The Bertz CT molecular complexity index is 721. The first-order valence-corrected chi connectivity index (χ1v) is 10.3. The molecule has 0 aromatic carbocycles. The van der Waals surface area contributed by atoms with Gasteiger partial charge in [0.2, 0.25) is 0 Å². The number of aliphatic imine (C=N–C) groups is 1. The molecule has 142 valence electrons. The van der Waals surface area contributed by atoms with Crippen LogP contribution in [0.2, 0.25) is 0 Å². The number of aromatic nitrogens is 2. The Labute approximate surface area is 159 Å². The van der Waals surface area contributed by atoms with Gasteiger partial charge >= 0.3 is 0 Å². The second-order valence-corrected chi connectivity index (χ2v) is 8.00. The second-order valence-electron chi connectivity index (χ2n) is 6.83. The third kappa shape index (κ3) is 4.44. The fraction of sp³-hybridized carbons (Fsp3) is 0.632. The molecule has 7 heteroatoms. The van der Waals surface area contributed by atoms with Crippen LogP contribution in [-0.2, 0) is 25.8 Å². The van der Waals surface area contributed by atoms with Gasteiger partial charge in [-0.2, -0.15) is 0 Å². The number of aryl methyl sites for hydroxylation is 4. The summed E-state index contributed by atoms with van der Waals surface area (Å²) in [7, 11) is 2.08. The van der Waals surface area contributed by atoms with Crippen LogP contribution in [0.1, 0.15) is 52.4 Å². The first-order chi connectivity index (χ1) is 12.6. The predicted octanol–water partition coefficient (Wildman–Crippen LogP) is 3.27. The molecule has 2 aromatic rings. The SMILES string of the molecule is CCNC(=NCCc1c(C)noc1C)N(C)Cc1nc2c(s1)CCCC2. The molecule has 0 aliphatic heterocycles. The third-order valence-corrected chi connectivity index (χ3v) is 5.91. The summed E-state index contributed by atoms with van der Waals surface area (Å²) in [5.74, 6) is 1.82. The van der Waals surface area contributed by atoms with Crippen molar-refractivity contribution in [3.05, 3.63) is 32.6 Å². The van der Waals surface area contributed by atoms with Gasteiger partial charge in [-0.3, -0.25) is 4.99 Å². The number of guanidine groups is 1. The molecule has 3 rings (SSSR count). The van der Waals surface area contributed by atoms with Crippen molar-refractivity contribution in [3.63, 3.8) is 0 Å². The summed E-state index contributed by atoms with van der Waals surface area (Å²) < 4.78 is 5.24. The maximum Gasteiger partial charge on any atom is 0.194 e. The Morgan fingerprint density at radius 3 is 2.81 bits per heavy atom. The lowest BCUT2D eigenvalue weighted by molar-refractivity contribution is 0.392. The topological polar surface area (TPSA) is 66.6 Å². The normalized spacial score (nSPS) is 14.4. The summed E-state index contributed by atoms with van der Waals surface area (Å²) >= 11 is 1.87. The molecule has 2 heterocycles. The number of nitrogens with zero attached hydrogens (tertiary/aromatic N) is 4. The maximum absolute atomic E-state index is 5.24. The molecule has 2 aromatic heterocycles. The standard InChI is InChI=1S/C19H29N5OS/c1-5-20-19(21-11-10-15-13(2)23-25-14(15)3)24(4)12-18-22-16-8-6-7-9-17(16)26-18/h5-12H2,1-4H3,(H,20,21). The Morgan fingerprint density at radius 2 is 2.12 bits per heavy atom. The monoisotopic (exact) mass is 375 g/mol. The van der Waals surface area contributed by atoms with Crippen molar-refractivity contribution in [2.75, 3.05) is 20.1 Å². The highest BCUT2D eigenvalue weighted by molar-refractivity contribution is 7.11. The van der Waals surface area contributed by atoms with Crippen molar-refractivity contribution in [1.82, 2.24) is 20.4 Å². The van der Waals surface area contributed by atoms with Crippen LogP contribution in [0.4, 0.5) is 0 Å². The first kappa shape index (κ1) is 18.9. The summed E-state index contributed by atoms with van der Waals surface area (Å²) in [6, 6.07) is 0. The highest BCUT2D eigenvalue weighted by Crippen LogP contribution is 2.27. The molecular formula is C19H29N5OS. The van der Waals surface area contributed by atoms with E-state index in [1.165, 1.54) is 40.4 Å². The quantitative estimate of drug-likeness (QED) is 0.620. The van der Waals surface area contributed by atoms with E-state index in [0.717, 1.165) is 43.3 Å². The van der Waals surface area contributed by atoms with E-state index in [0.29, 0.717) is 6.54 Å². The second kappa shape index (κ2) is 8.66. The fourth-order valence-electron chi connectivity index (χ4n) is 3.35. The van der Waals surface area contributed by atoms with Gasteiger partial charge < -0.3 is 14.7 Å². The molecule has 0 radical (unpaired) electrons. The summed E-state index contributed by atoms with van der Waals surface area (Å²) in [6.45, 7) is 8.40. The highest BCUT2D eigenvalue weighted by Gasteiger charge is 2.17. The molecule has 0 bridgehead atoms. The molecule has 0 atom stereocenters. The van der Waals surface area contributed by atoms with E-state index in [-0.39, 0.29) is 0 Å². The number of fused-ring (bicyclic) bond motifs is 1. The van der Waals surface area contributed by atoms with Gasteiger partial charge in [-0.15, -0.1) is 11.3 Å². The molecule has 26 heavy (non-hydrogen) atoms. The van der Waals surface area contributed by atoms with E-state index in [1.54, 1.807) is 0 Å². The van der Waals surface area contributed by atoms with Gasteiger partial charge in [0.1, 0.15) is 10.8 Å². The summed E-state index contributed by atoms with van der Waals surface area (Å²) in [4.78, 5) is 13.3. The molecule has 1 N–H and O–H groups in total. The summed E-state index contributed by atoms with van der Waals surface area (Å²) in [6.07, 6.45) is 5.76. The van der Waals surface area contributed by atoms with Crippen LogP contribution >= 0.6 is 11.3 Å². The number of rotatable bonds is 6. The van der Waals surface area contributed by atoms with Gasteiger partial charge in [-0.25, -0.2) is 4.98 Å². The van der Waals surface area contributed by atoms with Crippen LogP contribution in [0.25, 0.3) is 0 Å². The highest BCUT2D eigenvalue weighted by atomic mass is 32.1. The van der Waals surface area contributed by atoms with Crippen molar-refractivity contribution < 1.29 is 4.52 Å².